The Morgan fingerprint density at radius 3 is 2.23 bits per heavy atom. The zero-order chi connectivity index (χ0) is 18.1. The van der Waals surface area contributed by atoms with Crippen molar-refractivity contribution in [1.82, 2.24) is 10.2 Å². The minimum absolute atomic E-state index is 0.0145. The van der Waals surface area contributed by atoms with Gasteiger partial charge in [0.2, 0.25) is 5.91 Å². The lowest BCUT2D eigenvalue weighted by Crippen LogP contribution is -2.50. The number of fused-ring (bicyclic) bond motifs is 2. The number of hydrogen-bond acceptors (Lipinski definition) is 2. The van der Waals surface area contributed by atoms with Gasteiger partial charge in [0.05, 0.1) is 12.1 Å². The van der Waals surface area contributed by atoms with Crippen LogP contribution < -0.4 is 5.32 Å². The molecule has 26 heavy (non-hydrogen) atoms. The van der Waals surface area contributed by atoms with Crippen molar-refractivity contribution in [3.63, 3.8) is 0 Å². The number of amides is 1. The first-order chi connectivity index (χ1) is 12.6. The van der Waals surface area contributed by atoms with E-state index in [4.69, 9.17) is 0 Å². The molecule has 2 bridgehead atoms. The van der Waals surface area contributed by atoms with Gasteiger partial charge in [-0.1, -0.05) is 72.8 Å². The molecule has 0 saturated carbocycles. The molecule has 0 spiro atoms. The normalized spacial score (nSPS) is 26.6. The Balaban J connectivity index is 1.54. The molecule has 134 valence electrons. The molecule has 0 aromatic heterocycles. The number of carbonyl (C=O) groups excluding carboxylic acids is 1. The molecule has 2 aromatic carbocycles. The van der Waals surface area contributed by atoms with Crippen molar-refractivity contribution in [2.75, 3.05) is 0 Å². The molecule has 1 heterocycles. The van der Waals surface area contributed by atoms with Crippen LogP contribution in [0.5, 0.6) is 0 Å². The lowest BCUT2D eigenvalue weighted by atomic mass is 9.97. The van der Waals surface area contributed by atoms with Crippen molar-refractivity contribution >= 4 is 5.91 Å². The Hall–Kier alpha value is -2.39. The minimum atomic E-state index is -0.0913. The molecule has 1 aliphatic carbocycles. The number of rotatable bonds is 5. The van der Waals surface area contributed by atoms with E-state index in [1.54, 1.807) is 0 Å². The zero-order valence-corrected chi connectivity index (χ0v) is 15.4. The van der Waals surface area contributed by atoms with E-state index in [1.165, 1.54) is 5.56 Å². The summed E-state index contributed by atoms with van der Waals surface area (Å²) in [6.07, 6.45) is 5.56. The molecule has 1 amide bonds. The van der Waals surface area contributed by atoms with Crippen molar-refractivity contribution in [3.8, 4) is 0 Å². The van der Waals surface area contributed by atoms with E-state index in [1.807, 2.05) is 24.3 Å². The first kappa shape index (κ1) is 17.0. The van der Waals surface area contributed by atoms with Crippen molar-refractivity contribution in [2.24, 2.45) is 5.92 Å². The van der Waals surface area contributed by atoms with Gasteiger partial charge >= 0.3 is 0 Å². The van der Waals surface area contributed by atoms with E-state index >= 15 is 0 Å². The fraction of sp³-hybridized carbons (Fsp3) is 0.348. The van der Waals surface area contributed by atoms with Crippen LogP contribution in [0.2, 0.25) is 0 Å². The average Bonchev–Trinajstić information content (AvgIpc) is 3.30. The maximum atomic E-state index is 13.2. The van der Waals surface area contributed by atoms with Crippen molar-refractivity contribution in [1.29, 1.82) is 0 Å². The minimum Gasteiger partial charge on any atom is -0.348 e. The van der Waals surface area contributed by atoms with Gasteiger partial charge in [-0.3, -0.25) is 9.69 Å². The monoisotopic (exact) mass is 346 g/mol. The number of benzene rings is 2. The Morgan fingerprint density at radius 2 is 1.58 bits per heavy atom. The maximum Gasteiger partial charge on any atom is 0.238 e. The standard InChI is InChI=1S/C23H26N2O/c1-16(18-9-5-3-6-10-18)24-23(26)22-20-13-14-21(15-20)25(22)17(2)19-11-7-4-8-12-19/h3-14,16-17,20-22H,15H2,1-2H3,(H,24,26)/t16-,17-,20+,21-,22+/m1/s1. The Bertz CT molecular complexity index is 786. The van der Waals surface area contributed by atoms with Gasteiger partial charge in [0, 0.05) is 18.0 Å². The van der Waals surface area contributed by atoms with Crippen LogP contribution in [-0.4, -0.2) is 22.9 Å². The van der Waals surface area contributed by atoms with Gasteiger partial charge in [-0.2, -0.15) is 0 Å². The van der Waals surface area contributed by atoms with Gasteiger partial charge in [-0.25, -0.2) is 0 Å². The molecule has 1 N–H and O–H groups in total. The van der Waals surface area contributed by atoms with Crippen molar-refractivity contribution in [3.05, 3.63) is 83.9 Å². The zero-order valence-electron chi connectivity index (χ0n) is 15.4. The quantitative estimate of drug-likeness (QED) is 0.821. The Kier molecular flexibility index (Phi) is 4.64. The van der Waals surface area contributed by atoms with Gasteiger partial charge < -0.3 is 5.32 Å². The first-order valence-corrected chi connectivity index (χ1v) is 9.51. The molecule has 2 aliphatic rings. The summed E-state index contributed by atoms with van der Waals surface area (Å²) in [5.74, 6) is 0.454. The van der Waals surface area contributed by atoms with Crippen LogP contribution in [0, 0.1) is 5.92 Å². The van der Waals surface area contributed by atoms with E-state index in [0.717, 1.165) is 12.0 Å². The van der Waals surface area contributed by atoms with Crippen LogP contribution in [0.25, 0.3) is 0 Å². The summed E-state index contributed by atoms with van der Waals surface area (Å²) in [6.45, 7) is 4.27. The van der Waals surface area contributed by atoms with Gasteiger partial charge in [-0.15, -0.1) is 0 Å². The predicted molar refractivity (Wildman–Crippen MR) is 105 cm³/mol. The lowest BCUT2D eigenvalue weighted by molar-refractivity contribution is -0.128. The molecule has 4 rings (SSSR count). The van der Waals surface area contributed by atoms with Gasteiger partial charge in [0.25, 0.3) is 0 Å². The third kappa shape index (κ3) is 3.08. The summed E-state index contributed by atoms with van der Waals surface area (Å²) in [6, 6.07) is 21.2. The summed E-state index contributed by atoms with van der Waals surface area (Å²) >= 11 is 0. The highest BCUT2D eigenvalue weighted by Gasteiger charge is 2.48. The summed E-state index contributed by atoms with van der Waals surface area (Å²) in [5, 5.41) is 3.24. The number of nitrogens with zero attached hydrogens (tertiary/aromatic N) is 1. The molecule has 1 saturated heterocycles. The number of carbonyl (C=O) groups is 1. The summed E-state index contributed by atoms with van der Waals surface area (Å²) < 4.78 is 0. The van der Waals surface area contributed by atoms with E-state index in [0.29, 0.717) is 12.0 Å². The van der Waals surface area contributed by atoms with Crippen molar-refractivity contribution < 1.29 is 4.79 Å². The summed E-state index contributed by atoms with van der Waals surface area (Å²) in [4.78, 5) is 15.6. The highest BCUT2D eigenvalue weighted by molar-refractivity contribution is 5.83. The molecule has 3 heteroatoms. The number of nitrogens with one attached hydrogen (secondary N) is 1. The van der Waals surface area contributed by atoms with Gasteiger partial charge in [0.15, 0.2) is 0 Å². The van der Waals surface area contributed by atoms with Crippen LogP contribution in [0.4, 0.5) is 0 Å². The molecule has 2 aromatic rings. The molecule has 0 radical (unpaired) electrons. The second kappa shape index (κ2) is 7.08. The molecule has 5 atom stereocenters. The van der Waals surface area contributed by atoms with Crippen LogP contribution in [0.1, 0.15) is 43.5 Å². The van der Waals surface area contributed by atoms with Gasteiger partial charge in [-0.05, 0) is 31.4 Å². The number of hydrogen-bond donors (Lipinski definition) is 1. The van der Waals surface area contributed by atoms with Gasteiger partial charge in [0.1, 0.15) is 0 Å². The Labute approximate surface area is 155 Å². The van der Waals surface area contributed by atoms with Crippen LogP contribution >= 0.6 is 0 Å². The van der Waals surface area contributed by atoms with Crippen LogP contribution in [0.15, 0.2) is 72.8 Å². The fourth-order valence-electron chi connectivity index (χ4n) is 4.48. The fourth-order valence-corrected chi connectivity index (χ4v) is 4.48. The largest absolute Gasteiger partial charge is 0.348 e. The second-order valence-corrected chi connectivity index (χ2v) is 7.47. The van der Waals surface area contributed by atoms with E-state index in [2.05, 4.69) is 72.6 Å². The van der Waals surface area contributed by atoms with E-state index in [-0.39, 0.29) is 24.0 Å². The topological polar surface area (TPSA) is 32.3 Å². The molecule has 0 unspecified atom stereocenters. The molecular weight excluding hydrogens is 320 g/mol. The smallest absolute Gasteiger partial charge is 0.238 e. The average molecular weight is 346 g/mol. The summed E-state index contributed by atoms with van der Waals surface area (Å²) in [7, 11) is 0. The maximum absolute atomic E-state index is 13.2. The molecule has 1 fully saturated rings. The number of likely N-dealkylation sites (tertiary alicyclic amines) is 1. The van der Waals surface area contributed by atoms with Crippen molar-refractivity contribution in [2.45, 2.75) is 44.4 Å². The SMILES string of the molecule is C[C@H](c1ccccc1)N1[C@@H]2C=C[C@@H](C2)[C@H]1C(=O)N[C@H](C)c1ccccc1. The molecular formula is C23H26N2O. The van der Waals surface area contributed by atoms with E-state index in [9.17, 15) is 4.79 Å². The molecule has 1 aliphatic heterocycles. The third-order valence-electron chi connectivity index (χ3n) is 5.86. The Morgan fingerprint density at radius 1 is 0.962 bits per heavy atom. The second-order valence-electron chi connectivity index (χ2n) is 7.47. The lowest BCUT2D eigenvalue weighted by Gasteiger charge is -2.37. The van der Waals surface area contributed by atoms with Crippen LogP contribution in [0.3, 0.4) is 0 Å². The highest BCUT2D eigenvalue weighted by Crippen LogP contribution is 2.42. The first-order valence-electron chi connectivity index (χ1n) is 9.51. The summed E-state index contributed by atoms with van der Waals surface area (Å²) in [5.41, 5.74) is 2.41. The van der Waals surface area contributed by atoms with Crippen LogP contribution in [-0.2, 0) is 4.79 Å². The highest BCUT2D eigenvalue weighted by atomic mass is 16.2. The molecule has 3 nitrogen and oxygen atoms in total. The third-order valence-corrected chi connectivity index (χ3v) is 5.86. The van der Waals surface area contributed by atoms with E-state index < -0.39 is 0 Å². The predicted octanol–water partition coefficient (Wildman–Crippen LogP) is 4.25.